The maximum Gasteiger partial charge on any atom is 0.274 e. The van der Waals surface area contributed by atoms with Gasteiger partial charge in [0.15, 0.2) is 0 Å². The lowest BCUT2D eigenvalue weighted by Gasteiger charge is -2.16. The highest BCUT2D eigenvalue weighted by Crippen LogP contribution is 2.23. The molecule has 2 heterocycles. The molecule has 0 fully saturated rings. The first kappa shape index (κ1) is 20.3. The lowest BCUT2D eigenvalue weighted by atomic mass is 10.1. The van der Waals surface area contributed by atoms with Crippen molar-refractivity contribution in [3.8, 4) is 28.7 Å². The second-order valence-corrected chi connectivity index (χ2v) is 7.02. The van der Waals surface area contributed by atoms with Gasteiger partial charge in [0.2, 0.25) is 11.7 Å². The van der Waals surface area contributed by atoms with Crippen molar-refractivity contribution in [3.63, 3.8) is 0 Å². The zero-order chi connectivity index (χ0) is 21.8. The minimum atomic E-state index is -0.337. The number of benzene rings is 2. The molecule has 0 spiro atoms. The van der Waals surface area contributed by atoms with Crippen molar-refractivity contribution in [2.75, 3.05) is 7.11 Å². The Bertz CT molecular complexity index is 1180. The summed E-state index contributed by atoms with van der Waals surface area (Å²) in [5, 5.41) is 6.95. The largest absolute Gasteiger partial charge is 0.497 e. The summed E-state index contributed by atoms with van der Waals surface area (Å²) in [5.41, 5.74) is 2.20. The zero-order valence-corrected chi connectivity index (χ0v) is 17.1. The van der Waals surface area contributed by atoms with Crippen LogP contribution in [0.3, 0.4) is 0 Å². The van der Waals surface area contributed by atoms with Crippen LogP contribution in [0.25, 0.3) is 23.0 Å². The predicted molar refractivity (Wildman–Crippen MR) is 113 cm³/mol. The van der Waals surface area contributed by atoms with E-state index >= 15 is 0 Å². The highest BCUT2D eigenvalue weighted by Gasteiger charge is 2.17. The van der Waals surface area contributed by atoms with Gasteiger partial charge in [-0.3, -0.25) is 4.79 Å². The lowest BCUT2D eigenvalue weighted by Crippen LogP contribution is -2.30. The van der Waals surface area contributed by atoms with Gasteiger partial charge in [-0.05, 0) is 61.0 Å². The fourth-order valence-electron chi connectivity index (χ4n) is 3.23. The van der Waals surface area contributed by atoms with Crippen LogP contribution in [0.2, 0.25) is 0 Å². The Kier molecular flexibility index (Phi) is 5.79. The van der Waals surface area contributed by atoms with Crippen molar-refractivity contribution >= 4 is 5.91 Å². The first-order chi connectivity index (χ1) is 15.0. The predicted octanol–water partition coefficient (Wildman–Crippen LogP) is 4.23. The third kappa shape index (κ3) is 4.63. The quantitative estimate of drug-likeness (QED) is 0.484. The molecule has 0 saturated carbocycles. The first-order valence-electron chi connectivity index (χ1n) is 9.72. The Morgan fingerprint density at radius 1 is 1.19 bits per heavy atom. The molecule has 0 aliphatic carbocycles. The van der Waals surface area contributed by atoms with E-state index in [4.69, 9.17) is 9.26 Å². The van der Waals surface area contributed by atoms with Crippen LogP contribution in [-0.2, 0) is 11.3 Å². The second kappa shape index (κ2) is 8.83. The number of halogens is 1. The number of nitrogens with zero attached hydrogens (tertiary/aromatic N) is 3. The zero-order valence-electron chi connectivity index (χ0n) is 17.1. The molecule has 0 radical (unpaired) electrons. The minimum Gasteiger partial charge on any atom is -0.497 e. The fourth-order valence-corrected chi connectivity index (χ4v) is 3.23. The molecule has 1 N–H and O–H groups in total. The van der Waals surface area contributed by atoms with E-state index in [2.05, 4.69) is 15.5 Å². The van der Waals surface area contributed by atoms with Crippen molar-refractivity contribution < 1.29 is 18.4 Å². The van der Waals surface area contributed by atoms with Crippen LogP contribution in [0.4, 0.5) is 4.39 Å². The molecular formula is C23H21FN4O3. The molecule has 158 valence electrons. The number of hydrogen-bond acceptors (Lipinski definition) is 5. The van der Waals surface area contributed by atoms with Crippen molar-refractivity contribution in [1.29, 1.82) is 0 Å². The van der Waals surface area contributed by atoms with Crippen LogP contribution in [0.5, 0.6) is 5.75 Å². The van der Waals surface area contributed by atoms with Crippen molar-refractivity contribution in [2.24, 2.45) is 0 Å². The number of ether oxygens (including phenoxy) is 1. The van der Waals surface area contributed by atoms with E-state index in [9.17, 15) is 9.18 Å². The van der Waals surface area contributed by atoms with Crippen molar-refractivity contribution in [3.05, 3.63) is 78.2 Å². The summed E-state index contributed by atoms with van der Waals surface area (Å²) in [7, 11) is 1.61. The van der Waals surface area contributed by atoms with Gasteiger partial charge in [-0.25, -0.2) is 4.39 Å². The van der Waals surface area contributed by atoms with Gasteiger partial charge in [-0.1, -0.05) is 17.3 Å². The molecule has 0 saturated heterocycles. The van der Waals surface area contributed by atoms with Crippen molar-refractivity contribution in [1.82, 2.24) is 20.0 Å². The van der Waals surface area contributed by atoms with E-state index in [1.54, 1.807) is 42.1 Å². The van der Waals surface area contributed by atoms with Crippen LogP contribution in [0.1, 0.15) is 18.5 Å². The average Bonchev–Trinajstić information content (AvgIpc) is 3.43. The molecule has 0 unspecified atom stereocenters. The van der Waals surface area contributed by atoms with E-state index < -0.39 is 0 Å². The van der Waals surface area contributed by atoms with Gasteiger partial charge in [-0.2, -0.15) is 4.98 Å². The molecule has 0 aliphatic rings. The van der Waals surface area contributed by atoms with E-state index in [1.165, 1.54) is 12.1 Å². The van der Waals surface area contributed by atoms with Gasteiger partial charge in [0, 0.05) is 11.8 Å². The molecule has 2 aromatic carbocycles. The summed E-state index contributed by atoms with van der Waals surface area (Å²) < 4.78 is 25.5. The van der Waals surface area contributed by atoms with Crippen molar-refractivity contribution in [2.45, 2.75) is 19.5 Å². The first-order valence-corrected chi connectivity index (χ1v) is 9.72. The molecule has 8 heteroatoms. The molecule has 4 rings (SSSR count). The van der Waals surface area contributed by atoms with Gasteiger partial charge in [0.25, 0.3) is 5.89 Å². The lowest BCUT2D eigenvalue weighted by molar-refractivity contribution is -0.122. The molecule has 7 nitrogen and oxygen atoms in total. The normalized spacial score (nSPS) is 11.8. The maximum absolute atomic E-state index is 13.1. The summed E-state index contributed by atoms with van der Waals surface area (Å²) in [6.07, 6.45) is 1.77. The van der Waals surface area contributed by atoms with Gasteiger partial charge in [0.05, 0.1) is 13.2 Å². The van der Waals surface area contributed by atoms with Crippen LogP contribution in [0, 0.1) is 5.82 Å². The molecule has 0 aliphatic heterocycles. The average molecular weight is 420 g/mol. The highest BCUT2D eigenvalue weighted by atomic mass is 19.1. The number of methoxy groups -OCH3 is 1. The van der Waals surface area contributed by atoms with Crippen LogP contribution in [-0.4, -0.2) is 27.7 Å². The van der Waals surface area contributed by atoms with Crippen LogP contribution >= 0.6 is 0 Å². The Balaban J connectivity index is 1.46. The summed E-state index contributed by atoms with van der Waals surface area (Å²) in [4.78, 5) is 17.0. The molecule has 4 aromatic rings. The van der Waals surface area contributed by atoms with E-state index in [0.29, 0.717) is 17.1 Å². The number of carbonyl (C=O) groups is 1. The number of amides is 1. The highest BCUT2D eigenvalue weighted by molar-refractivity contribution is 5.77. The van der Waals surface area contributed by atoms with Gasteiger partial charge in [0.1, 0.15) is 23.8 Å². The number of rotatable bonds is 7. The number of aromatic nitrogens is 3. The second-order valence-electron chi connectivity index (χ2n) is 7.02. The number of carbonyl (C=O) groups excluding carboxylic acids is 1. The summed E-state index contributed by atoms with van der Waals surface area (Å²) in [6, 6.07) is 16.8. The summed E-state index contributed by atoms with van der Waals surface area (Å²) in [6.45, 7) is 2.00. The molecule has 31 heavy (non-hydrogen) atoms. The Morgan fingerprint density at radius 2 is 2.00 bits per heavy atom. The molecule has 1 atom stereocenters. The number of hydrogen-bond donors (Lipinski definition) is 1. The van der Waals surface area contributed by atoms with Crippen LogP contribution < -0.4 is 10.1 Å². The van der Waals surface area contributed by atoms with Crippen LogP contribution in [0.15, 0.2) is 71.4 Å². The van der Waals surface area contributed by atoms with E-state index in [1.807, 2.05) is 31.2 Å². The van der Waals surface area contributed by atoms with Gasteiger partial charge >= 0.3 is 0 Å². The van der Waals surface area contributed by atoms with E-state index in [0.717, 1.165) is 11.3 Å². The van der Waals surface area contributed by atoms with Gasteiger partial charge in [-0.15, -0.1) is 0 Å². The summed E-state index contributed by atoms with van der Waals surface area (Å²) in [5.74, 6) is 0.859. The Morgan fingerprint density at radius 3 is 2.77 bits per heavy atom. The van der Waals surface area contributed by atoms with E-state index in [-0.39, 0.29) is 30.2 Å². The fraction of sp³-hybridized carbons (Fsp3) is 0.174. The number of nitrogens with one attached hydrogen (secondary N) is 1. The molecule has 2 aromatic heterocycles. The molecule has 0 bridgehead atoms. The Labute approximate surface area is 178 Å². The standard InChI is InChI=1S/C23H21FN4O3/c1-15(17-5-3-6-19(13-17)30-2)25-21(29)14-28-12-4-7-20(28)23-26-22(27-31-23)16-8-10-18(24)11-9-16/h3-13,15H,14H2,1-2H3,(H,25,29)/t15-/m0/s1. The summed E-state index contributed by atoms with van der Waals surface area (Å²) >= 11 is 0. The topological polar surface area (TPSA) is 82.2 Å². The third-order valence-corrected chi connectivity index (χ3v) is 4.86. The SMILES string of the molecule is COc1cccc([C@H](C)NC(=O)Cn2cccc2-c2nc(-c3ccc(F)cc3)no2)c1. The third-order valence-electron chi connectivity index (χ3n) is 4.86. The maximum atomic E-state index is 13.1. The van der Waals surface area contributed by atoms with Gasteiger partial charge < -0.3 is 19.1 Å². The monoisotopic (exact) mass is 420 g/mol. The molecular weight excluding hydrogens is 399 g/mol. The molecule has 1 amide bonds. The Hall–Kier alpha value is -3.94. The smallest absolute Gasteiger partial charge is 0.274 e. The minimum absolute atomic E-state index is 0.0882.